The van der Waals surface area contributed by atoms with Gasteiger partial charge in [0.1, 0.15) is 0 Å². The van der Waals surface area contributed by atoms with E-state index < -0.39 is 0 Å². The summed E-state index contributed by atoms with van der Waals surface area (Å²) in [6.07, 6.45) is 0. The highest BCUT2D eigenvalue weighted by Crippen LogP contribution is 2.31. The Labute approximate surface area is 107 Å². The lowest BCUT2D eigenvalue weighted by atomic mass is 10.1. The highest BCUT2D eigenvalue weighted by Gasteiger charge is 2.09. The van der Waals surface area contributed by atoms with E-state index >= 15 is 0 Å². The Bertz CT molecular complexity index is 672. The van der Waals surface area contributed by atoms with Crippen LogP contribution in [0.15, 0.2) is 42.5 Å². The van der Waals surface area contributed by atoms with Crippen molar-refractivity contribution >= 4 is 35.3 Å². The number of aromatic nitrogens is 1. The number of benzene rings is 2. The van der Waals surface area contributed by atoms with Crippen molar-refractivity contribution in [3.63, 3.8) is 0 Å². The van der Waals surface area contributed by atoms with Gasteiger partial charge in [-0.1, -0.05) is 18.2 Å². The van der Waals surface area contributed by atoms with Gasteiger partial charge >= 0.3 is 0 Å². The van der Waals surface area contributed by atoms with Crippen LogP contribution in [0.2, 0.25) is 0 Å². The summed E-state index contributed by atoms with van der Waals surface area (Å²) in [7, 11) is 0. The van der Waals surface area contributed by atoms with Gasteiger partial charge in [-0.25, -0.2) is 0 Å². The average molecular weight is 244 g/mol. The Morgan fingerprint density at radius 1 is 1.00 bits per heavy atom. The van der Waals surface area contributed by atoms with Crippen molar-refractivity contribution in [2.75, 3.05) is 0 Å². The van der Waals surface area contributed by atoms with Gasteiger partial charge in [0, 0.05) is 28.4 Å². The molecule has 0 unspecified atom stereocenters. The lowest BCUT2D eigenvalue weighted by Gasteiger charge is -2.01. The van der Waals surface area contributed by atoms with Crippen molar-refractivity contribution in [3.8, 4) is 5.75 Å². The molecule has 0 fully saturated rings. The third kappa shape index (κ3) is 1.67. The first-order valence-corrected chi connectivity index (χ1v) is 5.49. The van der Waals surface area contributed by atoms with Crippen molar-refractivity contribution in [3.05, 3.63) is 42.5 Å². The first kappa shape index (κ1) is 11.9. The van der Waals surface area contributed by atoms with E-state index in [2.05, 4.69) is 23.6 Å². The van der Waals surface area contributed by atoms with Gasteiger partial charge in [-0.05, 0) is 31.2 Å². The zero-order chi connectivity index (χ0) is 11.1. The van der Waals surface area contributed by atoms with E-state index in [0.29, 0.717) is 0 Å². The van der Waals surface area contributed by atoms with E-state index in [-0.39, 0.29) is 19.2 Å². The molecule has 1 aromatic heterocycles. The standard InChI is InChI=1S/C14H12NO.H2S/c1-2-15-13-6-4-3-5-11(13)12-9-10(16)7-8-14(12)15;/h3-9H,2H2,1H3;1H2. The Morgan fingerprint density at radius 2 is 1.71 bits per heavy atom. The number of hydrogen-bond donors (Lipinski definition) is 0. The predicted octanol–water partition coefficient (Wildman–Crippen LogP) is 4.07. The van der Waals surface area contributed by atoms with Crippen LogP contribution in [0.3, 0.4) is 0 Å². The molecule has 3 rings (SSSR count). The molecule has 1 radical (unpaired) electrons. The molecule has 0 saturated heterocycles. The maximum Gasteiger partial charge on any atom is 0.179 e. The molecule has 0 saturated carbocycles. The van der Waals surface area contributed by atoms with Crippen LogP contribution in [0.1, 0.15) is 6.92 Å². The van der Waals surface area contributed by atoms with Crippen molar-refractivity contribution < 1.29 is 5.11 Å². The van der Waals surface area contributed by atoms with E-state index in [1.54, 1.807) is 12.1 Å². The van der Waals surface area contributed by atoms with Gasteiger partial charge in [0.05, 0.1) is 0 Å². The Kier molecular flexibility index (Phi) is 3.03. The predicted molar refractivity (Wildman–Crippen MR) is 75.6 cm³/mol. The second-order valence-electron chi connectivity index (χ2n) is 3.94. The van der Waals surface area contributed by atoms with Crippen LogP contribution in [0.5, 0.6) is 5.75 Å². The van der Waals surface area contributed by atoms with Crippen LogP contribution >= 0.6 is 13.5 Å². The number of rotatable bonds is 1. The lowest BCUT2D eigenvalue weighted by Crippen LogP contribution is -1.92. The monoisotopic (exact) mass is 244 g/mol. The molecule has 0 aliphatic rings. The minimum atomic E-state index is 0. The molecule has 87 valence electrons. The van der Waals surface area contributed by atoms with Crippen LogP contribution in [-0.4, -0.2) is 4.57 Å². The number of para-hydroxylation sites is 1. The van der Waals surface area contributed by atoms with Gasteiger partial charge in [0.15, 0.2) is 5.75 Å². The van der Waals surface area contributed by atoms with Gasteiger partial charge in [0.2, 0.25) is 0 Å². The molecule has 17 heavy (non-hydrogen) atoms. The molecule has 2 nitrogen and oxygen atoms in total. The van der Waals surface area contributed by atoms with Gasteiger partial charge in [0.25, 0.3) is 0 Å². The molecule has 3 aromatic rings. The molecular formula is C14H14NOS. The number of nitrogens with zero attached hydrogens (tertiary/aromatic N) is 1. The quantitative estimate of drug-likeness (QED) is 0.616. The Hall–Kier alpha value is -1.61. The summed E-state index contributed by atoms with van der Waals surface area (Å²) in [4.78, 5) is 0. The van der Waals surface area contributed by atoms with Gasteiger partial charge < -0.3 is 4.57 Å². The van der Waals surface area contributed by atoms with Crippen LogP contribution in [0.25, 0.3) is 21.8 Å². The largest absolute Gasteiger partial charge is 0.341 e. The second-order valence-corrected chi connectivity index (χ2v) is 3.94. The molecule has 0 aliphatic carbocycles. The topological polar surface area (TPSA) is 24.8 Å². The normalized spacial score (nSPS) is 10.6. The fraction of sp³-hybridized carbons (Fsp3) is 0.143. The first-order chi connectivity index (χ1) is 7.81. The molecule has 2 aromatic carbocycles. The maximum atomic E-state index is 11.4. The van der Waals surface area contributed by atoms with Crippen LogP contribution in [0, 0.1) is 0 Å². The summed E-state index contributed by atoms with van der Waals surface area (Å²) in [5.74, 6) is 0.0755. The zero-order valence-corrected chi connectivity index (χ0v) is 10.6. The van der Waals surface area contributed by atoms with Crippen molar-refractivity contribution in [1.29, 1.82) is 0 Å². The third-order valence-electron chi connectivity index (χ3n) is 3.06. The van der Waals surface area contributed by atoms with E-state index in [9.17, 15) is 5.11 Å². The third-order valence-corrected chi connectivity index (χ3v) is 3.06. The highest BCUT2D eigenvalue weighted by atomic mass is 32.1. The van der Waals surface area contributed by atoms with Gasteiger partial charge in [-0.3, -0.25) is 5.11 Å². The SMILES string of the molecule is CCn1c2ccccc2c2cc([O])ccc21.S. The minimum Gasteiger partial charge on any atom is -0.341 e. The first-order valence-electron chi connectivity index (χ1n) is 5.49. The summed E-state index contributed by atoms with van der Waals surface area (Å²) >= 11 is 0. The second kappa shape index (κ2) is 4.34. The van der Waals surface area contributed by atoms with Crippen molar-refractivity contribution in [1.82, 2.24) is 4.57 Å². The zero-order valence-electron chi connectivity index (χ0n) is 9.60. The fourth-order valence-corrected chi connectivity index (χ4v) is 2.37. The number of fused-ring (bicyclic) bond motifs is 3. The minimum absolute atomic E-state index is 0. The van der Waals surface area contributed by atoms with Gasteiger partial charge in [-0.2, -0.15) is 13.5 Å². The Balaban J connectivity index is 0.00000108. The molecule has 0 atom stereocenters. The molecule has 0 bridgehead atoms. The number of aryl methyl sites for hydroxylation is 1. The van der Waals surface area contributed by atoms with E-state index in [0.717, 1.165) is 22.8 Å². The summed E-state index contributed by atoms with van der Waals surface area (Å²) in [5, 5.41) is 13.6. The van der Waals surface area contributed by atoms with Crippen molar-refractivity contribution in [2.24, 2.45) is 0 Å². The van der Waals surface area contributed by atoms with Gasteiger partial charge in [-0.15, -0.1) is 0 Å². The lowest BCUT2D eigenvalue weighted by molar-refractivity contribution is 0.355. The van der Waals surface area contributed by atoms with Crippen molar-refractivity contribution in [2.45, 2.75) is 13.5 Å². The molecule has 3 heteroatoms. The molecule has 0 spiro atoms. The van der Waals surface area contributed by atoms with E-state index in [4.69, 9.17) is 0 Å². The van der Waals surface area contributed by atoms with Crippen LogP contribution in [0.4, 0.5) is 0 Å². The molecule has 0 aliphatic heterocycles. The molecule has 1 heterocycles. The molecular weight excluding hydrogens is 230 g/mol. The van der Waals surface area contributed by atoms with Crippen LogP contribution < -0.4 is 0 Å². The summed E-state index contributed by atoms with van der Waals surface area (Å²) in [6, 6.07) is 13.5. The molecule has 0 amide bonds. The summed E-state index contributed by atoms with van der Waals surface area (Å²) in [5.41, 5.74) is 2.34. The smallest absolute Gasteiger partial charge is 0.179 e. The Morgan fingerprint density at radius 3 is 2.47 bits per heavy atom. The summed E-state index contributed by atoms with van der Waals surface area (Å²) in [6.45, 7) is 3.04. The maximum absolute atomic E-state index is 11.4. The molecule has 0 N–H and O–H groups in total. The van der Waals surface area contributed by atoms with E-state index in [1.165, 1.54) is 5.52 Å². The number of hydrogen-bond acceptors (Lipinski definition) is 0. The average Bonchev–Trinajstić information content (AvgIpc) is 2.62. The van der Waals surface area contributed by atoms with Crippen LogP contribution in [-0.2, 0) is 11.7 Å². The fourth-order valence-electron chi connectivity index (χ4n) is 2.37. The van der Waals surface area contributed by atoms with E-state index in [1.807, 2.05) is 18.2 Å². The highest BCUT2D eigenvalue weighted by molar-refractivity contribution is 7.59. The summed E-state index contributed by atoms with van der Waals surface area (Å²) < 4.78 is 2.24.